The van der Waals surface area contributed by atoms with Crippen molar-refractivity contribution < 1.29 is 9.47 Å². The van der Waals surface area contributed by atoms with Crippen molar-refractivity contribution in [3.8, 4) is 5.75 Å². The number of rotatable bonds is 9. The summed E-state index contributed by atoms with van der Waals surface area (Å²) in [6, 6.07) is 10.1. The van der Waals surface area contributed by atoms with Gasteiger partial charge in [-0.15, -0.1) is 0 Å². The lowest BCUT2D eigenvalue weighted by atomic mass is 10.2. The van der Waals surface area contributed by atoms with Crippen molar-refractivity contribution in [2.24, 2.45) is 0 Å². The van der Waals surface area contributed by atoms with Crippen molar-refractivity contribution in [2.75, 3.05) is 26.4 Å². The van der Waals surface area contributed by atoms with Crippen LogP contribution in [-0.4, -0.2) is 31.3 Å². The van der Waals surface area contributed by atoms with E-state index in [4.69, 9.17) is 9.47 Å². The number of hydrogen-bond acceptors (Lipinski definition) is 4. The van der Waals surface area contributed by atoms with E-state index in [0.29, 0.717) is 13.2 Å². The fraction of sp³-hybridized carbons (Fsp3) is 0.471. The molecule has 21 heavy (non-hydrogen) atoms. The largest absolute Gasteiger partial charge is 0.490 e. The van der Waals surface area contributed by atoms with E-state index in [1.807, 2.05) is 30.3 Å². The van der Waals surface area contributed by atoms with Gasteiger partial charge in [0.05, 0.1) is 17.8 Å². The van der Waals surface area contributed by atoms with Gasteiger partial charge < -0.3 is 14.8 Å². The zero-order valence-corrected chi connectivity index (χ0v) is 12.9. The normalized spacial score (nSPS) is 11.0. The van der Waals surface area contributed by atoms with E-state index >= 15 is 0 Å². The van der Waals surface area contributed by atoms with Gasteiger partial charge in [0.2, 0.25) is 0 Å². The van der Waals surface area contributed by atoms with Crippen LogP contribution in [0.3, 0.4) is 0 Å². The Balaban J connectivity index is 2.11. The highest BCUT2D eigenvalue weighted by Crippen LogP contribution is 2.25. The molecule has 1 heterocycles. The predicted molar refractivity (Wildman–Crippen MR) is 85.7 cm³/mol. The van der Waals surface area contributed by atoms with E-state index in [9.17, 15) is 0 Å². The van der Waals surface area contributed by atoms with E-state index in [1.54, 1.807) is 0 Å². The second kappa shape index (κ2) is 8.60. The summed E-state index contributed by atoms with van der Waals surface area (Å²) in [4.78, 5) is 4.66. The molecule has 0 fully saturated rings. The van der Waals surface area contributed by atoms with E-state index < -0.39 is 0 Å². The molecule has 0 saturated carbocycles. The molecule has 2 rings (SSSR count). The molecule has 0 bridgehead atoms. The van der Waals surface area contributed by atoms with E-state index in [-0.39, 0.29) is 0 Å². The first-order valence-corrected chi connectivity index (χ1v) is 7.65. The van der Waals surface area contributed by atoms with Crippen molar-refractivity contribution in [2.45, 2.75) is 26.8 Å². The molecule has 0 aliphatic rings. The van der Waals surface area contributed by atoms with Crippen LogP contribution in [0.15, 0.2) is 30.3 Å². The summed E-state index contributed by atoms with van der Waals surface area (Å²) >= 11 is 0. The summed E-state index contributed by atoms with van der Waals surface area (Å²) in [7, 11) is 0. The highest BCUT2D eigenvalue weighted by molar-refractivity contribution is 5.85. The second-order valence-electron chi connectivity index (χ2n) is 4.87. The van der Waals surface area contributed by atoms with Gasteiger partial charge in [-0.25, -0.2) is 0 Å². The first-order valence-electron chi connectivity index (χ1n) is 7.65. The number of pyridine rings is 1. The molecule has 114 valence electrons. The van der Waals surface area contributed by atoms with Gasteiger partial charge in [0.15, 0.2) is 0 Å². The van der Waals surface area contributed by atoms with Crippen molar-refractivity contribution in [3.05, 3.63) is 36.0 Å². The summed E-state index contributed by atoms with van der Waals surface area (Å²) in [5.41, 5.74) is 1.97. The first kappa shape index (κ1) is 15.7. The molecule has 1 aromatic heterocycles. The molecule has 0 aliphatic heterocycles. The minimum atomic E-state index is 0.564. The Morgan fingerprint density at radius 2 is 1.95 bits per heavy atom. The lowest BCUT2D eigenvalue weighted by Gasteiger charge is -2.12. The highest BCUT2D eigenvalue weighted by atomic mass is 16.5. The summed E-state index contributed by atoms with van der Waals surface area (Å²) in [5.74, 6) is 0.883. The Kier molecular flexibility index (Phi) is 6.44. The summed E-state index contributed by atoms with van der Waals surface area (Å²) in [5, 5.41) is 4.35. The van der Waals surface area contributed by atoms with Crippen molar-refractivity contribution in [3.63, 3.8) is 0 Å². The van der Waals surface area contributed by atoms with Gasteiger partial charge in [-0.3, -0.25) is 4.98 Å². The highest BCUT2D eigenvalue weighted by Gasteiger charge is 2.06. The quantitative estimate of drug-likeness (QED) is 0.720. The number of nitrogens with zero attached hydrogens (tertiary/aromatic N) is 1. The van der Waals surface area contributed by atoms with Crippen molar-refractivity contribution in [1.82, 2.24) is 10.3 Å². The maximum atomic E-state index is 5.89. The standard InChI is InChI=1S/C17H24N2O2/c1-3-9-20-10-11-21-17-12-14(13-18-4-2)19-16-8-6-5-7-15(16)17/h5-8,12,18H,3-4,9-11,13H2,1-2H3. The smallest absolute Gasteiger partial charge is 0.130 e. The Morgan fingerprint density at radius 1 is 1.10 bits per heavy atom. The second-order valence-corrected chi connectivity index (χ2v) is 4.87. The monoisotopic (exact) mass is 288 g/mol. The fourth-order valence-electron chi connectivity index (χ4n) is 2.12. The number of benzene rings is 1. The SMILES string of the molecule is CCCOCCOc1cc(CNCC)nc2ccccc12. The van der Waals surface area contributed by atoms with Crippen LogP contribution in [0, 0.1) is 0 Å². The zero-order chi connectivity index (χ0) is 14.9. The Labute approximate surface area is 126 Å². The molecule has 4 nitrogen and oxygen atoms in total. The topological polar surface area (TPSA) is 43.4 Å². The maximum Gasteiger partial charge on any atom is 0.130 e. The first-order chi connectivity index (χ1) is 10.3. The Bertz CT molecular complexity index is 557. The summed E-state index contributed by atoms with van der Waals surface area (Å²) in [6.45, 7) is 7.83. The lowest BCUT2D eigenvalue weighted by Crippen LogP contribution is -2.13. The van der Waals surface area contributed by atoms with Crippen LogP contribution in [0.1, 0.15) is 26.0 Å². The molecule has 0 radical (unpaired) electrons. The Morgan fingerprint density at radius 3 is 2.76 bits per heavy atom. The average molecular weight is 288 g/mol. The van der Waals surface area contributed by atoms with Crippen LogP contribution in [0.25, 0.3) is 10.9 Å². The molecule has 1 N–H and O–H groups in total. The van der Waals surface area contributed by atoms with Gasteiger partial charge in [0, 0.05) is 24.6 Å². The molecule has 0 saturated heterocycles. The molecular weight excluding hydrogens is 264 g/mol. The number of hydrogen-bond donors (Lipinski definition) is 1. The lowest BCUT2D eigenvalue weighted by molar-refractivity contribution is 0.101. The molecule has 0 atom stereocenters. The summed E-state index contributed by atoms with van der Waals surface area (Å²) < 4.78 is 11.4. The minimum absolute atomic E-state index is 0.564. The van der Waals surface area contributed by atoms with Crippen LogP contribution < -0.4 is 10.1 Å². The number of ether oxygens (including phenoxy) is 2. The van der Waals surface area contributed by atoms with Gasteiger partial charge in [-0.2, -0.15) is 0 Å². The molecule has 4 heteroatoms. The van der Waals surface area contributed by atoms with E-state index in [1.165, 1.54) is 0 Å². The molecular formula is C17H24N2O2. The fourth-order valence-corrected chi connectivity index (χ4v) is 2.12. The molecule has 0 aliphatic carbocycles. The van der Waals surface area contributed by atoms with Crippen LogP contribution in [0.4, 0.5) is 0 Å². The van der Waals surface area contributed by atoms with Crippen molar-refractivity contribution in [1.29, 1.82) is 0 Å². The van der Waals surface area contributed by atoms with Gasteiger partial charge in [0.1, 0.15) is 12.4 Å². The third-order valence-corrected chi connectivity index (χ3v) is 3.12. The van der Waals surface area contributed by atoms with Gasteiger partial charge in [-0.05, 0) is 25.1 Å². The number of nitrogens with one attached hydrogen (secondary N) is 1. The maximum absolute atomic E-state index is 5.89. The van der Waals surface area contributed by atoms with Crippen LogP contribution >= 0.6 is 0 Å². The number of para-hydroxylation sites is 1. The average Bonchev–Trinajstić information content (AvgIpc) is 2.52. The predicted octanol–water partition coefficient (Wildman–Crippen LogP) is 3.15. The third kappa shape index (κ3) is 4.69. The van der Waals surface area contributed by atoms with Crippen LogP contribution in [0.2, 0.25) is 0 Å². The zero-order valence-electron chi connectivity index (χ0n) is 12.9. The van der Waals surface area contributed by atoms with E-state index in [2.05, 4.69) is 24.1 Å². The third-order valence-electron chi connectivity index (χ3n) is 3.12. The van der Waals surface area contributed by atoms with Gasteiger partial charge in [-0.1, -0.05) is 26.0 Å². The van der Waals surface area contributed by atoms with E-state index in [0.717, 1.165) is 48.5 Å². The van der Waals surface area contributed by atoms with Crippen molar-refractivity contribution >= 4 is 10.9 Å². The minimum Gasteiger partial charge on any atom is -0.490 e. The molecule has 0 amide bonds. The number of aromatic nitrogens is 1. The van der Waals surface area contributed by atoms with Gasteiger partial charge >= 0.3 is 0 Å². The molecule has 0 unspecified atom stereocenters. The molecule has 0 spiro atoms. The van der Waals surface area contributed by atoms with Crippen LogP contribution in [0.5, 0.6) is 5.75 Å². The summed E-state index contributed by atoms with van der Waals surface area (Å²) in [6.07, 6.45) is 1.03. The molecule has 1 aromatic carbocycles. The van der Waals surface area contributed by atoms with Gasteiger partial charge in [0.25, 0.3) is 0 Å². The number of fused-ring (bicyclic) bond motifs is 1. The Hall–Kier alpha value is -1.65. The van der Waals surface area contributed by atoms with Crippen LogP contribution in [-0.2, 0) is 11.3 Å². The molecule has 2 aromatic rings.